The van der Waals surface area contributed by atoms with E-state index in [0.717, 1.165) is 48.4 Å². The van der Waals surface area contributed by atoms with Crippen LogP contribution in [0.15, 0.2) is 42.6 Å². The zero-order valence-electron chi connectivity index (χ0n) is 13.6. The number of fused-ring (bicyclic) bond motifs is 1. The molecule has 1 atom stereocenters. The molecule has 4 rings (SSSR count). The highest BCUT2D eigenvalue weighted by Gasteiger charge is 2.13. The number of aromatic nitrogens is 3. The van der Waals surface area contributed by atoms with E-state index in [2.05, 4.69) is 39.2 Å². The summed E-state index contributed by atoms with van der Waals surface area (Å²) in [6.07, 6.45) is 5.95. The van der Waals surface area contributed by atoms with Gasteiger partial charge in [0.15, 0.2) is 11.9 Å². The molecular weight excluding hydrogens is 302 g/mol. The number of imidazole rings is 1. The number of pyridine rings is 1. The summed E-state index contributed by atoms with van der Waals surface area (Å²) in [7, 11) is 0. The van der Waals surface area contributed by atoms with Crippen molar-refractivity contribution >= 4 is 11.2 Å². The molecule has 0 amide bonds. The molecule has 1 saturated heterocycles. The molecule has 24 heavy (non-hydrogen) atoms. The Morgan fingerprint density at radius 2 is 2.21 bits per heavy atom. The van der Waals surface area contributed by atoms with Crippen molar-refractivity contribution in [3.05, 3.63) is 48.2 Å². The van der Waals surface area contributed by atoms with Crippen molar-refractivity contribution in [1.82, 2.24) is 15.0 Å². The first-order valence-electron chi connectivity index (χ1n) is 8.52. The van der Waals surface area contributed by atoms with Crippen molar-refractivity contribution in [2.45, 2.75) is 32.0 Å². The second-order valence-electron chi connectivity index (χ2n) is 6.08. The number of hydrogen-bond acceptors (Lipinski definition) is 4. The van der Waals surface area contributed by atoms with Gasteiger partial charge in [-0.2, -0.15) is 0 Å². The lowest BCUT2D eigenvalue weighted by Gasteiger charge is -2.22. The first-order valence-corrected chi connectivity index (χ1v) is 8.52. The maximum atomic E-state index is 5.82. The molecule has 1 unspecified atom stereocenters. The number of ether oxygens (including phenoxy) is 2. The highest BCUT2D eigenvalue weighted by Crippen LogP contribution is 2.21. The van der Waals surface area contributed by atoms with Gasteiger partial charge in [-0.15, -0.1) is 0 Å². The van der Waals surface area contributed by atoms with E-state index >= 15 is 0 Å². The van der Waals surface area contributed by atoms with Crippen molar-refractivity contribution in [2.75, 3.05) is 13.2 Å². The van der Waals surface area contributed by atoms with Crippen molar-refractivity contribution in [2.24, 2.45) is 0 Å². The molecule has 2 aromatic heterocycles. The minimum atomic E-state index is -0.0246. The van der Waals surface area contributed by atoms with Gasteiger partial charge in [-0.05, 0) is 49.4 Å². The summed E-state index contributed by atoms with van der Waals surface area (Å²) in [5, 5.41) is 0. The van der Waals surface area contributed by atoms with E-state index in [-0.39, 0.29) is 6.29 Å². The number of aromatic amines is 1. The number of H-pyrrole nitrogens is 1. The molecular formula is C19H21N3O2. The van der Waals surface area contributed by atoms with Crippen LogP contribution in [-0.4, -0.2) is 34.5 Å². The fourth-order valence-corrected chi connectivity index (χ4v) is 3.01. The van der Waals surface area contributed by atoms with Gasteiger partial charge < -0.3 is 14.5 Å². The quantitative estimate of drug-likeness (QED) is 0.777. The predicted molar refractivity (Wildman–Crippen MR) is 92.6 cm³/mol. The average Bonchev–Trinajstić information content (AvgIpc) is 3.07. The molecule has 1 N–H and O–H groups in total. The number of benzene rings is 1. The monoisotopic (exact) mass is 323 g/mol. The van der Waals surface area contributed by atoms with E-state index in [1.807, 2.05) is 12.1 Å². The Balaban J connectivity index is 1.43. The first kappa shape index (κ1) is 15.3. The van der Waals surface area contributed by atoms with Crippen LogP contribution >= 0.6 is 0 Å². The molecule has 5 heteroatoms. The Bertz CT molecular complexity index is 776. The third-order valence-electron chi connectivity index (χ3n) is 4.29. The van der Waals surface area contributed by atoms with Gasteiger partial charge in [0, 0.05) is 18.4 Å². The van der Waals surface area contributed by atoms with Gasteiger partial charge in [0.1, 0.15) is 5.82 Å². The second kappa shape index (κ2) is 7.11. The number of nitrogens with zero attached hydrogens (tertiary/aromatic N) is 2. The van der Waals surface area contributed by atoms with Crippen LogP contribution in [0, 0.1) is 0 Å². The van der Waals surface area contributed by atoms with Crippen LogP contribution in [0.2, 0.25) is 0 Å². The van der Waals surface area contributed by atoms with Gasteiger partial charge in [-0.3, -0.25) is 0 Å². The van der Waals surface area contributed by atoms with Crippen LogP contribution in [0.5, 0.6) is 0 Å². The minimum absolute atomic E-state index is 0.0246. The third kappa shape index (κ3) is 3.47. The molecule has 3 aromatic rings. The van der Waals surface area contributed by atoms with Gasteiger partial charge >= 0.3 is 0 Å². The standard InChI is InChI=1S/C19H21N3O2/c1-2-11-23-17(8-1)24-12-9-14-5-3-6-15(13-14)18-21-16-7-4-10-20-19(16)22-18/h3-7,10,13,17H,1-2,8-9,11-12H2,(H,20,21,22). The zero-order chi connectivity index (χ0) is 16.2. The summed E-state index contributed by atoms with van der Waals surface area (Å²) in [4.78, 5) is 12.2. The largest absolute Gasteiger partial charge is 0.353 e. The van der Waals surface area contributed by atoms with E-state index in [9.17, 15) is 0 Å². The molecule has 0 aliphatic carbocycles. The molecule has 0 bridgehead atoms. The number of rotatable bonds is 5. The van der Waals surface area contributed by atoms with Gasteiger partial charge in [-0.25, -0.2) is 9.97 Å². The van der Waals surface area contributed by atoms with E-state index in [1.54, 1.807) is 6.20 Å². The van der Waals surface area contributed by atoms with Crippen molar-refractivity contribution < 1.29 is 9.47 Å². The molecule has 1 aromatic carbocycles. The third-order valence-corrected chi connectivity index (χ3v) is 4.29. The van der Waals surface area contributed by atoms with Crippen LogP contribution in [0.25, 0.3) is 22.6 Å². The van der Waals surface area contributed by atoms with Crippen LogP contribution in [0.3, 0.4) is 0 Å². The van der Waals surface area contributed by atoms with Crippen LogP contribution in [-0.2, 0) is 15.9 Å². The second-order valence-corrected chi connectivity index (χ2v) is 6.08. The minimum Gasteiger partial charge on any atom is -0.353 e. The van der Waals surface area contributed by atoms with Gasteiger partial charge in [0.25, 0.3) is 0 Å². The van der Waals surface area contributed by atoms with E-state index in [1.165, 1.54) is 12.0 Å². The molecule has 1 aliphatic heterocycles. The molecule has 124 valence electrons. The SMILES string of the molecule is c1cc(CCOC2CCCCO2)cc(-c2nc3ncccc3[nH]2)c1. The first-order chi connectivity index (χ1) is 11.9. The Labute approximate surface area is 141 Å². The molecule has 1 fully saturated rings. The number of hydrogen-bond donors (Lipinski definition) is 1. The highest BCUT2D eigenvalue weighted by atomic mass is 16.7. The lowest BCUT2D eigenvalue weighted by Crippen LogP contribution is -2.23. The summed E-state index contributed by atoms with van der Waals surface area (Å²) in [6, 6.07) is 12.3. The topological polar surface area (TPSA) is 60.0 Å². The maximum Gasteiger partial charge on any atom is 0.178 e. The van der Waals surface area contributed by atoms with E-state index in [0.29, 0.717) is 6.61 Å². The Morgan fingerprint density at radius 1 is 1.21 bits per heavy atom. The normalized spacial score (nSPS) is 18.1. The molecule has 0 saturated carbocycles. The maximum absolute atomic E-state index is 5.82. The highest BCUT2D eigenvalue weighted by molar-refractivity contribution is 5.75. The molecule has 0 spiro atoms. The molecule has 1 aliphatic rings. The average molecular weight is 323 g/mol. The van der Waals surface area contributed by atoms with Crippen molar-refractivity contribution in [3.8, 4) is 11.4 Å². The Hall–Kier alpha value is -2.24. The summed E-state index contributed by atoms with van der Waals surface area (Å²) in [6.45, 7) is 1.50. The lowest BCUT2D eigenvalue weighted by atomic mass is 10.1. The van der Waals surface area contributed by atoms with Crippen molar-refractivity contribution in [3.63, 3.8) is 0 Å². The van der Waals surface area contributed by atoms with E-state index < -0.39 is 0 Å². The van der Waals surface area contributed by atoms with E-state index in [4.69, 9.17) is 9.47 Å². The molecule has 3 heterocycles. The Morgan fingerprint density at radius 3 is 3.08 bits per heavy atom. The van der Waals surface area contributed by atoms with Crippen LogP contribution in [0.4, 0.5) is 0 Å². The van der Waals surface area contributed by atoms with Crippen LogP contribution in [0.1, 0.15) is 24.8 Å². The number of nitrogens with one attached hydrogen (secondary N) is 1. The molecule has 5 nitrogen and oxygen atoms in total. The summed E-state index contributed by atoms with van der Waals surface area (Å²) >= 11 is 0. The Kier molecular flexibility index (Phi) is 4.53. The molecule has 0 radical (unpaired) electrons. The fraction of sp³-hybridized carbons (Fsp3) is 0.368. The summed E-state index contributed by atoms with van der Waals surface area (Å²) in [5.41, 5.74) is 4.00. The van der Waals surface area contributed by atoms with Gasteiger partial charge in [0.2, 0.25) is 0 Å². The lowest BCUT2D eigenvalue weighted by molar-refractivity contribution is -0.161. The zero-order valence-corrected chi connectivity index (χ0v) is 13.6. The van der Waals surface area contributed by atoms with Gasteiger partial charge in [-0.1, -0.05) is 18.2 Å². The predicted octanol–water partition coefficient (Wildman–Crippen LogP) is 3.71. The van der Waals surface area contributed by atoms with Gasteiger partial charge in [0.05, 0.1) is 12.1 Å². The van der Waals surface area contributed by atoms with Crippen molar-refractivity contribution in [1.29, 1.82) is 0 Å². The summed E-state index contributed by atoms with van der Waals surface area (Å²) < 4.78 is 11.4. The smallest absolute Gasteiger partial charge is 0.178 e. The summed E-state index contributed by atoms with van der Waals surface area (Å²) in [5.74, 6) is 0.849. The van der Waals surface area contributed by atoms with Crippen LogP contribution < -0.4 is 0 Å². The fourth-order valence-electron chi connectivity index (χ4n) is 3.01.